The molecule has 0 unspecified atom stereocenters. The summed E-state index contributed by atoms with van der Waals surface area (Å²) in [4.78, 5) is 10.6. The highest BCUT2D eigenvalue weighted by atomic mass is 32.1. The first kappa shape index (κ1) is 8.07. The number of aromatic hydroxyl groups is 1. The van der Waals surface area contributed by atoms with Crippen LogP contribution in [0.3, 0.4) is 0 Å². The molecule has 0 bridgehead atoms. The van der Waals surface area contributed by atoms with Gasteiger partial charge in [-0.2, -0.15) is 0 Å². The molecule has 2 N–H and O–H groups in total. The normalized spacial score (nSPS) is 10.5. The average Bonchev–Trinajstić information content (AvgIpc) is 2.47. The third-order valence-electron chi connectivity index (χ3n) is 1.80. The summed E-state index contributed by atoms with van der Waals surface area (Å²) in [6, 6.07) is 4.70. The molecule has 3 nitrogen and oxygen atoms in total. The van der Waals surface area contributed by atoms with Crippen LogP contribution >= 0.6 is 11.3 Å². The van der Waals surface area contributed by atoms with Crippen molar-refractivity contribution in [1.29, 1.82) is 0 Å². The largest absolute Gasteiger partial charge is 0.506 e. The zero-order valence-corrected chi connectivity index (χ0v) is 7.34. The molecule has 1 aromatic heterocycles. The van der Waals surface area contributed by atoms with Crippen molar-refractivity contribution in [2.75, 3.05) is 0 Å². The van der Waals surface area contributed by atoms with Crippen molar-refractivity contribution in [2.45, 2.75) is 0 Å². The van der Waals surface area contributed by atoms with Crippen LogP contribution in [0.5, 0.6) is 5.75 Å². The predicted octanol–water partition coefficient (Wildman–Crippen LogP) is 2.31. The lowest BCUT2D eigenvalue weighted by atomic mass is 10.1. The highest BCUT2D eigenvalue weighted by Crippen LogP contribution is 2.31. The molecular formula is C9H6O3S. The number of hydrogen-bond donors (Lipinski definition) is 2. The van der Waals surface area contributed by atoms with Crippen LogP contribution in [0.25, 0.3) is 10.1 Å². The summed E-state index contributed by atoms with van der Waals surface area (Å²) in [5, 5.41) is 20.2. The Morgan fingerprint density at radius 2 is 2.15 bits per heavy atom. The lowest BCUT2D eigenvalue weighted by Gasteiger charge is -1.94. The first-order valence-electron chi connectivity index (χ1n) is 3.62. The topological polar surface area (TPSA) is 57.5 Å². The molecule has 0 aliphatic heterocycles. The van der Waals surface area contributed by atoms with E-state index in [1.807, 2.05) is 0 Å². The molecule has 0 radical (unpaired) electrons. The Balaban J connectivity index is 2.72. The maximum Gasteiger partial charge on any atom is 0.335 e. The number of aromatic carboxylic acids is 1. The van der Waals surface area contributed by atoms with Crippen LogP contribution in [0.4, 0.5) is 0 Å². The fourth-order valence-corrected chi connectivity index (χ4v) is 1.95. The van der Waals surface area contributed by atoms with Crippen LogP contribution < -0.4 is 0 Å². The Kier molecular flexibility index (Phi) is 1.70. The minimum absolute atomic E-state index is 0.142. The van der Waals surface area contributed by atoms with Crippen molar-refractivity contribution in [2.24, 2.45) is 0 Å². The van der Waals surface area contributed by atoms with E-state index in [0.29, 0.717) is 5.39 Å². The van der Waals surface area contributed by atoms with Crippen LogP contribution in [0.2, 0.25) is 0 Å². The van der Waals surface area contributed by atoms with Crippen molar-refractivity contribution in [3.05, 3.63) is 29.1 Å². The van der Waals surface area contributed by atoms with E-state index in [9.17, 15) is 9.90 Å². The maximum absolute atomic E-state index is 10.6. The van der Waals surface area contributed by atoms with Gasteiger partial charge in [-0.3, -0.25) is 0 Å². The van der Waals surface area contributed by atoms with Crippen LogP contribution in [0.15, 0.2) is 23.6 Å². The molecule has 13 heavy (non-hydrogen) atoms. The highest BCUT2D eigenvalue weighted by molar-refractivity contribution is 7.17. The second-order valence-electron chi connectivity index (χ2n) is 2.64. The van der Waals surface area contributed by atoms with E-state index in [0.717, 1.165) is 4.70 Å². The third-order valence-corrected chi connectivity index (χ3v) is 2.75. The zero-order chi connectivity index (χ0) is 9.42. The minimum Gasteiger partial charge on any atom is -0.506 e. The van der Waals surface area contributed by atoms with Gasteiger partial charge in [-0.15, -0.1) is 11.3 Å². The van der Waals surface area contributed by atoms with Crippen molar-refractivity contribution < 1.29 is 15.0 Å². The zero-order valence-electron chi connectivity index (χ0n) is 6.52. The lowest BCUT2D eigenvalue weighted by molar-refractivity contribution is 0.0697. The summed E-state index contributed by atoms with van der Waals surface area (Å²) in [6.45, 7) is 0. The molecule has 2 rings (SSSR count). The Bertz CT molecular complexity index is 473. The molecular weight excluding hydrogens is 188 g/mol. The van der Waals surface area contributed by atoms with Crippen molar-refractivity contribution >= 4 is 27.4 Å². The summed E-state index contributed by atoms with van der Waals surface area (Å²) in [5.41, 5.74) is 0.196. The summed E-state index contributed by atoms with van der Waals surface area (Å²) in [6.07, 6.45) is 0. The summed E-state index contributed by atoms with van der Waals surface area (Å²) < 4.78 is 0.891. The van der Waals surface area contributed by atoms with Gasteiger partial charge in [0.1, 0.15) is 5.75 Å². The lowest BCUT2D eigenvalue weighted by Crippen LogP contribution is -1.94. The second-order valence-corrected chi connectivity index (χ2v) is 3.55. The van der Waals surface area contributed by atoms with Gasteiger partial charge in [0.25, 0.3) is 0 Å². The summed E-state index contributed by atoms with van der Waals surface area (Å²) >= 11 is 1.39. The van der Waals surface area contributed by atoms with Crippen molar-refractivity contribution in [1.82, 2.24) is 0 Å². The van der Waals surface area contributed by atoms with E-state index in [1.54, 1.807) is 11.4 Å². The maximum atomic E-state index is 10.6. The van der Waals surface area contributed by atoms with E-state index >= 15 is 0 Å². The standard InChI is InChI=1S/C9H6O3S/c10-7-4-13-8-2-1-5(9(11)12)3-6(7)8/h1-4,10H,(H,11,12). The number of carboxylic acids is 1. The van der Waals surface area contributed by atoms with E-state index in [2.05, 4.69) is 0 Å². The van der Waals surface area contributed by atoms with E-state index in [1.165, 1.54) is 23.5 Å². The smallest absolute Gasteiger partial charge is 0.335 e. The Morgan fingerprint density at radius 3 is 2.85 bits per heavy atom. The molecule has 0 spiro atoms. The molecule has 0 amide bonds. The average molecular weight is 194 g/mol. The fraction of sp³-hybridized carbons (Fsp3) is 0. The number of rotatable bonds is 1. The number of thiophene rings is 1. The molecule has 4 heteroatoms. The van der Waals surface area contributed by atoms with Gasteiger partial charge in [0.15, 0.2) is 0 Å². The summed E-state index contributed by atoms with van der Waals surface area (Å²) in [7, 11) is 0. The Hall–Kier alpha value is -1.55. The fourth-order valence-electron chi connectivity index (χ4n) is 1.15. The number of carboxylic acid groups (broad SMARTS) is 1. The van der Waals surface area contributed by atoms with Gasteiger partial charge in [0, 0.05) is 15.5 Å². The van der Waals surface area contributed by atoms with Crippen molar-refractivity contribution in [3.8, 4) is 5.75 Å². The molecule has 1 aromatic carbocycles. The molecule has 0 saturated carbocycles. The van der Waals surface area contributed by atoms with Gasteiger partial charge in [0.2, 0.25) is 0 Å². The minimum atomic E-state index is -0.979. The summed E-state index contributed by atoms with van der Waals surface area (Å²) in [5.74, 6) is -0.837. The molecule has 2 aromatic rings. The van der Waals surface area contributed by atoms with Crippen LogP contribution in [0, 0.1) is 0 Å². The second kappa shape index (κ2) is 2.74. The number of carbonyl (C=O) groups is 1. The van der Waals surface area contributed by atoms with E-state index in [-0.39, 0.29) is 11.3 Å². The number of benzene rings is 1. The van der Waals surface area contributed by atoms with Gasteiger partial charge in [-0.1, -0.05) is 0 Å². The predicted molar refractivity (Wildman–Crippen MR) is 50.4 cm³/mol. The molecule has 0 aliphatic carbocycles. The first-order valence-corrected chi connectivity index (χ1v) is 4.50. The first-order chi connectivity index (χ1) is 6.18. The van der Waals surface area contributed by atoms with Crippen LogP contribution in [-0.4, -0.2) is 16.2 Å². The van der Waals surface area contributed by atoms with Gasteiger partial charge >= 0.3 is 5.97 Å². The van der Waals surface area contributed by atoms with E-state index < -0.39 is 5.97 Å². The highest BCUT2D eigenvalue weighted by Gasteiger charge is 2.07. The third kappa shape index (κ3) is 1.25. The van der Waals surface area contributed by atoms with Crippen molar-refractivity contribution in [3.63, 3.8) is 0 Å². The van der Waals surface area contributed by atoms with Crippen LogP contribution in [0.1, 0.15) is 10.4 Å². The molecule has 0 atom stereocenters. The van der Waals surface area contributed by atoms with Gasteiger partial charge in [0.05, 0.1) is 5.56 Å². The SMILES string of the molecule is O=C(O)c1ccc2scc(O)c2c1. The molecule has 0 aliphatic rings. The molecule has 66 valence electrons. The molecule has 0 fully saturated rings. The molecule has 0 saturated heterocycles. The Morgan fingerprint density at radius 1 is 1.38 bits per heavy atom. The van der Waals surface area contributed by atoms with E-state index in [4.69, 9.17) is 5.11 Å². The number of hydrogen-bond acceptors (Lipinski definition) is 3. The molecule has 1 heterocycles. The van der Waals surface area contributed by atoms with Crippen LogP contribution in [-0.2, 0) is 0 Å². The Labute approximate surface area is 77.9 Å². The van der Waals surface area contributed by atoms with Gasteiger partial charge < -0.3 is 10.2 Å². The van der Waals surface area contributed by atoms with Gasteiger partial charge in [-0.25, -0.2) is 4.79 Å². The quantitative estimate of drug-likeness (QED) is 0.732. The monoisotopic (exact) mass is 194 g/mol. The van der Waals surface area contributed by atoms with Gasteiger partial charge in [-0.05, 0) is 18.2 Å². The number of fused-ring (bicyclic) bond motifs is 1.